The third kappa shape index (κ3) is 5.83. The lowest BCUT2D eigenvalue weighted by Gasteiger charge is -2.42. The molecule has 43 heavy (non-hydrogen) atoms. The van der Waals surface area contributed by atoms with Gasteiger partial charge in [0.25, 0.3) is 14.2 Å². The number of aromatic hydroxyl groups is 1. The zero-order valence-corrected chi connectivity index (χ0v) is 28.4. The molecule has 0 aliphatic rings. The first-order chi connectivity index (χ1) is 20.0. The molecule has 2 aromatic heterocycles. The predicted molar refractivity (Wildman–Crippen MR) is 174 cm³/mol. The number of aryl methyl sites for hydroxylation is 1. The van der Waals surface area contributed by atoms with Gasteiger partial charge in [0, 0.05) is 38.9 Å². The largest absolute Gasteiger partial charge is 0.541 e. The number of hydrogen-bond donors (Lipinski definition) is 1. The standard InChI is InChI=1S/C34H46FN3O4Si/c1-20(2)43(21(3)4,22(5)6)42-31-28-27(19-38(11)32(28)39)30(41-34(7,8)33(40)37(9)10)26-17-24(18-36-29(26)31)16-23-12-14-25(35)15-13-23/h12-15,17-22,39H,16H2,1-11H3. The van der Waals surface area contributed by atoms with Crippen LogP contribution in [0.5, 0.6) is 17.4 Å². The first-order valence-corrected chi connectivity index (χ1v) is 17.1. The number of carbonyl (C=O) groups excluding carboxylic acids is 1. The van der Waals surface area contributed by atoms with E-state index in [1.807, 2.05) is 12.3 Å². The number of pyridine rings is 1. The van der Waals surface area contributed by atoms with Gasteiger partial charge in [-0.15, -0.1) is 0 Å². The number of aromatic nitrogens is 2. The molecule has 0 aliphatic carbocycles. The summed E-state index contributed by atoms with van der Waals surface area (Å²) in [6.45, 7) is 16.8. The van der Waals surface area contributed by atoms with E-state index in [1.54, 1.807) is 57.9 Å². The van der Waals surface area contributed by atoms with Crippen LogP contribution in [0.25, 0.3) is 21.7 Å². The molecule has 7 nitrogen and oxygen atoms in total. The first-order valence-electron chi connectivity index (χ1n) is 15.0. The van der Waals surface area contributed by atoms with Crippen LogP contribution in [0, 0.1) is 5.82 Å². The van der Waals surface area contributed by atoms with Crippen molar-refractivity contribution < 1.29 is 23.5 Å². The Labute approximate surface area is 255 Å². The van der Waals surface area contributed by atoms with Gasteiger partial charge in [0.2, 0.25) is 5.88 Å². The van der Waals surface area contributed by atoms with Gasteiger partial charge in [0.05, 0.1) is 10.8 Å². The van der Waals surface area contributed by atoms with E-state index in [0.29, 0.717) is 39.6 Å². The lowest BCUT2D eigenvalue weighted by Crippen LogP contribution is -2.50. The van der Waals surface area contributed by atoms with Crippen molar-refractivity contribution in [1.82, 2.24) is 14.5 Å². The number of benzene rings is 2. The van der Waals surface area contributed by atoms with Crippen molar-refractivity contribution in [2.45, 2.75) is 84.0 Å². The van der Waals surface area contributed by atoms with Crippen LogP contribution >= 0.6 is 0 Å². The average molecular weight is 608 g/mol. The van der Waals surface area contributed by atoms with Gasteiger partial charge in [-0.2, -0.15) is 0 Å². The minimum atomic E-state index is -2.49. The highest BCUT2D eigenvalue weighted by atomic mass is 28.4. The molecule has 232 valence electrons. The van der Waals surface area contributed by atoms with Crippen molar-refractivity contribution in [1.29, 1.82) is 0 Å². The van der Waals surface area contributed by atoms with Crippen LogP contribution in [0.3, 0.4) is 0 Å². The van der Waals surface area contributed by atoms with E-state index < -0.39 is 13.9 Å². The van der Waals surface area contributed by atoms with Crippen LogP contribution in [0.1, 0.15) is 66.5 Å². The molecule has 2 aromatic carbocycles. The van der Waals surface area contributed by atoms with E-state index in [9.17, 15) is 14.3 Å². The zero-order chi connectivity index (χ0) is 32.0. The topological polar surface area (TPSA) is 76.8 Å². The molecule has 4 aromatic rings. The van der Waals surface area contributed by atoms with E-state index in [4.69, 9.17) is 14.1 Å². The summed E-state index contributed by atoms with van der Waals surface area (Å²) >= 11 is 0. The monoisotopic (exact) mass is 607 g/mol. The number of ether oxygens (including phenoxy) is 1. The van der Waals surface area contributed by atoms with E-state index in [2.05, 4.69) is 41.5 Å². The fraction of sp³-hybridized carbons (Fsp3) is 0.471. The van der Waals surface area contributed by atoms with Gasteiger partial charge in [-0.05, 0) is 66.2 Å². The summed E-state index contributed by atoms with van der Waals surface area (Å²) in [6, 6.07) is 8.43. The van der Waals surface area contributed by atoms with Gasteiger partial charge in [0.15, 0.2) is 5.60 Å². The van der Waals surface area contributed by atoms with Crippen LogP contribution in [-0.2, 0) is 18.3 Å². The van der Waals surface area contributed by atoms with Crippen molar-refractivity contribution in [2.24, 2.45) is 7.05 Å². The quantitative estimate of drug-likeness (QED) is 0.185. The fourth-order valence-corrected chi connectivity index (χ4v) is 11.9. The van der Waals surface area contributed by atoms with Crippen LogP contribution in [0.2, 0.25) is 16.6 Å². The molecule has 9 heteroatoms. The molecule has 0 saturated carbocycles. The normalized spacial score (nSPS) is 12.6. The second kappa shape index (κ2) is 11.8. The van der Waals surface area contributed by atoms with Gasteiger partial charge in [-0.25, -0.2) is 4.39 Å². The molecule has 0 aliphatic heterocycles. The van der Waals surface area contributed by atoms with Crippen molar-refractivity contribution in [3.8, 4) is 17.4 Å². The summed E-state index contributed by atoms with van der Waals surface area (Å²) < 4.78 is 29.2. The second-order valence-corrected chi connectivity index (χ2v) is 18.7. The number of carbonyl (C=O) groups is 1. The molecule has 4 rings (SSSR count). The summed E-state index contributed by atoms with van der Waals surface area (Å²) in [5, 5.41) is 13.3. The lowest BCUT2D eigenvalue weighted by atomic mass is 10.0. The van der Waals surface area contributed by atoms with Crippen LogP contribution < -0.4 is 9.16 Å². The van der Waals surface area contributed by atoms with Gasteiger partial charge < -0.3 is 23.7 Å². The third-order valence-electron chi connectivity index (χ3n) is 8.61. The first kappa shape index (κ1) is 32.3. The van der Waals surface area contributed by atoms with E-state index in [1.165, 1.54) is 17.0 Å². The summed E-state index contributed by atoms with van der Waals surface area (Å²) in [4.78, 5) is 19.7. The highest BCUT2D eigenvalue weighted by Gasteiger charge is 2.48. The van der Waals surface area contributed by atoms with Gasteiger partial charge >= 0.3 is 0 Å². The van der Waals surface area contributed by atoms with Crippen molar-refractivity contribution in [3.63, 3.8) is 0 Å². The maximum Gasteiger partial charge on any atom is 0.265 e. The lowest BCUT2D eigenvalue weighted by molar-refractivity contribution is -0.142. The van der Waals surface area contributed by atoms with Gasteiger partial charge in [-0.3, -0.25) is 9.78 Å². The molecule has 0 fully saturated rings. The number of nitrogens with zero attached hydrogens (tertiary/aromatic N) is 3. The molecule has 0 radical (unpaired) electrons. The minimum absolute atomic E-state index is 0.0462. The van der Waals surface area contributed by atoms with E-state index >= 15 is 0 Å². The molecule has 1 N–H and O–H groups in total. The number of likely N-dealkylation sites (N-methyl/N-ethyl adjacent to an activating group) is 1. The summed E-state index contributed by atoms with van der Waals surface area (Å²) in [7, 11) is 2.68. The molecular formula is C34H46FN3O4Si. The molecule has 1 amide bonds. The Morgan fingerprint density at radius 3 is 2.12 bits per heavy atom. The molecule has 0 atom stereocenters. The Hall–Kier alpha value is -3.59. The van der Waals surface area contributed by atoms with E-state index in [-0.39, 0.29) is 34.2 Å². The number of rotatable bonds is 10. The average Bonchev–Trinajstić information content (AvgIpc) is 3.22. The minimum Gasteiger partial charge on any atom is -0.541 e. The predicted octanol–water partition coefficient (Wildman–Crippen LogP) is 7.96. The Bertz CT molecular complexity index is 1620. The molecule has 2 heterocycles. The zero-order valence-electron chi connectivity index (χ0n) is 27.4. The van der Waals surface area contributed by atoms with E-state index in [0.717, 1.165) is 11.1 Å². The molecule has 0 spiro atoms. The maximum absolute atomic E-state index is 13.6. The molecule has 0 unspecified atom stereocenters. The van der Waals surface area contributed by atoms with Crippen molar-refractivity contribution in [2.75, 3.05) is 14.1 Å². The maximum atomic E-state index is 13.6. The summed E-state index contributed by atoms with van der Waals surface area (Å²) in [6.07, 6.45) is 4.14. The van der Waals surface area contributed by atoms with Gasteiger partial charge in [-0.1, -0.05) is 53.7 Å². The number of amides is 1. The number of halogens is 1. The SMILES string of the molecule is CC(C)[Si](Oc1c2ncc(Cc3ccc(F)cc3)cc2c(OC(C)(C)C(=O)N(C)C)c2cn(C)c(O)c12)(C(C)C)C(C)C. The molecule has 0 saturated heterocycles. The van der Waals surface area contributed by atoms with Crippen LogP contribution in [0.4, 0.5) is 4.39 Å². The van der Waals surface area contributed by atoms with Crippen LogP contribution in [-0.4, -0.2) is 53.5 Å². The Balaban J connectivity index is 2.08. The highest BCUT2D eigenvalue weighted by molar-refractivity contribution is 6.78. The molecular weight excluding hydrogens is 561 g/mol. The van der Waals surface area contributed by atoms with Crippen molar-refractivity contribution in [3.05, 3.63) is 59.7 Å². The number of hydrogen-bond acceptors (Lipinski definition) is 5. The number of fused-ring (bicyclic) bond motifs is 2. The highest BCUT2D eigenvalue weighted by Crippen LogP contribution is 2.51. The van der Waals surface area contributed by atoms with Gasteiger partial charge in [0.1, 0.15) is 22.8 Å². The third-order valence-corrected chi connectivity index (χ3v) is 14.6. The molecule has 0 bridgehead atoms. The summed E-state index contributed by atoms with van der Waals surface area (Å²) in [5.41, 5.74) is 2.05. The smallest absolute Gasteiger partial charge is 0.265 e. The van der Waals surface area contributed by atoms with Crippen LogP contribution in [0.15, 0.2) is 42.7 Å². The summed E-state index contributed by atoms with van der Waals surface area (Å²) in [5.74, 6) is 0.557. The Kier molecular flexibility index (Phi) is 8.89. The van der Waals surface area contributed by atoms with Crippen molar-refractivity contribution >= 4 is 35.9 Å². The second-order valence-electron chi connectivity index (χ2n) is 13.3. The Morgan fingerprint density at radius 1 is 1.00 bits per heavy atom. The fourth-order valence-electron chi connectivity index (χ4n) is 6.65. The Morgan fingerprint density at radius 2 is 1.58 bits per heavy atom.